The first-order chi connectivity index (χ1) is 9.31. The van der Waals surface area contributed by atoms with Crippen LogP contribution in [0.2, 0.25) is 0 Å². The molecule has 2 aromatic carbocycles. The lowest BCUT2D eigenvalue weighted by atomic mass is 10.1. The van der Waals surface area contributed by atoms with E-state index in [1.807, 2.05) is 18.3 Å². The molecule has 0 aliphatic heterocycles. The molecule has 0 atom stereocenters. The molecule has 3 aromatic rings. The van der Waals surface area contributed by atoms with Crippen molar-refractivity contribution in [3.8, 4) is 5.75 Å². The van der Waals surface area contributed by atoms with Crippen molar-refractivity contribution in [1.29, 1.82) is 0 Å². The van der Waals surface area contributed by atoms with Gasteiger partial charge in [-0.3, -0.25) is 0 Å². The number of aromatic amines is 1. The maximum atomic E-state index is 5.81. The highest BCUT2D eigenvalue weighted by Gasteiger charge is 1.99. The number of fused-ring (bicyclic) bond motifs is 1. The van der Waals surface area contributed by atoms with Crippen molar-refractivity contribution in [2.75, 3.05) is 6.61 Å². The maximum absolute atomic E-state index is 5.81. The fourth-order valence-electron chi connectivity index (χ4n) is 2.27. The van der Waals surface area contributed by atoms with Crippen LogP contribution in [0.25, 0.3) is 10.9 Å². The van der Waals surface area contributed by atoms with Crippen molar-refractivity contribution in [2.24, 2.45) is 0 Å². The van der Waals surface area contributed by atoms with Gasteiger partial charge >= 0.3 is 0 Å². The molecule has 0 unspecified atom stereocenters. The van der Waals surface area contributed by atoms with Crippen molar-refractivity contribution in [3.63, 3.8) is 0 Å². The monoisotopic (exact) mass is 251 g/mol. The highest BCUT2D eigenvalue weighted by molar-refractivity contribution is 5.80. The Hall–Kier alpha value is -2.22. The van der Waals surface area contributed by atoms with E-state index in [0.29, 0.717) is 6.61 Å². The number of ether oxygens (including phenoxy) is 1. The molecule has 0 bridgehead atoms. The summed E-state index contributed by atoms with van der Waals surface area (Å²) in [5.74, 6) is 0.919. The van der Waals surface area contributed by atoms with Gasteiger partial charge in [-0.2, -0.15) is 0 Å². The predicted octanol–water partition coefficient (Wildman–Crippen LogP) is 4.10. The number of hydrogen-bond donors (Lipinski definition) is 1. The van der Waals surface area contributed by atoms with E-state index in [0.717, 1.165) is 17.7 Å². The normalized spacial score (nSPS) is 10.8. The number of benzene rings is 2. The Balaban J connectivity index is 1.62. The van der Waals surface area contributed by atoms with Crippen LogP contribution in [-0.2, 0) is 6.42 Å². The lowest BCUT2D eigenvalue weighted by Crippen LogP contribution is -2.01. The Bertz CT molecular complexity index is 684. The molecule has 0 aliphatic rings. The first-order valence-electron chi connectivity index (χ1n) is 6.57. The third-order valence-corrected chi connectivity index (χ3v) is 3.27. The summed E-state index contributed by atoms with van der Waals surface area (Å²) in [4.78, 5) is 3.20. The average Bonchev–Trinajstić information content (AvgIpc) is 2.86. The summed E-state index contributed by atoms with van der Waals surface area (Å²) in [5.41, 5.74) is 3.74. The fraction of sp³-hybridized carbons (Fsp3) is 0.176. The zero-order chi connectivity index (χ0) is 13.1. The zero-order valence-corrected chi connectivity index (χ0v) is 11.0. The highest BCUT2D eigenvalue weighted by atomic mass is 16.5. The molecule has 0 amide bonds. The van der Waals surface area contributed by atoms with Crippen molar-refractivity contribution in [2.45, 2.75) is 13.3 Å². The minimum atomic E-state index is 0.704. The molecule has 0 saturated heterocycles. The van der Waals surface area contributed by atoms with Crippen LogP contribution in [-0.4, -0.2) is 11.6 Å². The number of nitrogens with one attached hydrogen (secondary N) is 1. The molecule has 96 valence electrons. The Kier molecular flexibility index (Phi) is 3.23. The Labute approximate surface area is 113 Å². The van der Waals surface area contributed by atoms with E-state index in [2.05, 4.69) is 48.3 Å². The third-order valence-electron chi connectivity index (χ3n) is 3.27. The standard InChI is InChI=1S/C17H17NO/c1-13-3-2-4-14(11-13)8-10-19-16-6-5-15-7-9-18-17(15)12-16/h2-7,9,11-12,18H,8,10H2,1H3. The van der Waals surface area contributed by atoms with E-state index in [1.165, 1.54) is 16.5 Å². The average molecular weight is 251 g/mol. The molecule has 1 N–H and O–H groups in total. The molecule has 19 heavy (non-hydrogen) atoms. The highest BCUT2D eigenvalue weighted by Crippen LogP contribution is 2.19. The van der Waals surface area contributed by atoms with Crippen LogP contribution in [0.1, 0.15) is 11.1 Å². The Morgan fingerprint density at radius 2 is 2.00 bits per heavy atom. The summed E-state index contributed by atoms with van der Waals surface area (Å²) >= 11 is 0. The number of hydrogen-bond acceptors (Lipinski definition) is 1. The molecule has 0 fully saturated rings. The summed E-state index contributed by atoms with van der Waals surface area (Å²) in [6.45, 7) is 2.82. The summed E-state index contributed by atoms with van der Waals surface area (Å²) < 4.78 is 5.81. The van der Waals surface area contributed by atoms with E-state index < -0.39 is 0 Å². The second kappa shape index (κ2) is 5.19. The lowest BCUT2D eigenvalue weighted by Gasteiger charge is -2.07. The van der Waals surface area contributed by atoms with Gasteiger partial charge in [0.15, 0.2) is 0 Å². The van der Waals surface area contributed by atoms with E-state index in [4.69, 9.17) is 4.74 Å². The smallest absolute Gasteiger partial charge is 0.121 e. The summed E-state index contributed by atoms with van der Waals surface area (Å²) in [6.07, 6.45) is 2.88. The number of aromatic nitrogens is 1. The van der Waals surface area contributed by atoms with Crippen LogP contribution in [0.4, 0.5) is 0 Å². The van der Waals surface area contributed by atoms with Gasteiger partial charge in [0.05, 0.1) is 6.61 Å². The zero-order valence-electron chi connectivity index (χ0n) is 11.0. The van der Waals surface area contributed by atoms with Crippen LogP contribution in [0, 0.1) is 6.92 Å². The minimum Gasteiger partial charge on any atom is -0.493 e. The van der Waals surface area contributed by atoms with Gasteiger partial charge in [-0.15, -0.1) is 0 Å². The molecule has 0 spiro atoms. The van der Waals surface area contributed by atoms with Crippen molar-refractivity contribution >= 4 is 10.9 Å². The van der Waals surface area contributed by atoms with Crippen molar-refractivity contribution in [3.05, 3.63) is 65.9 Å². The van der Waals surface area contributed by atoms with Crippen LogP contribution < -0.4 is 4.74 Å². The SMILES string of the molecule is Cc1cccc(CCOc2ccc3cc[nH]c3c2)c1. The van der Waals surface area contributed by atoms with Gasteiger partial charge in [0, 0.05) is 24.2 Å². The van der Waals surface area contributed by atoms with E-state index in [9.17, 15) is 0 Å². The summed E-state index contributed by atoms with van der Waals surface area (Å²) in [6, 6.07) is 16.8. The van der Waals surface area contributed by atoms with Gasteiger partial charge in [0.1, 0.15) is 5.75 Å². The molecule has 0 aliphatic carbocycles. The Morgan fingerprint density at radius 1 is 1.05 bits per heavy atom. The van der Waals surface area contributed by atoms with Crippen LogP contribution in [0.15, 0.2) is 54.7 Å². The number of aryl methyl sites for hydroxylation is 1. The second-order valence-electron chi connectivity index (χ2n) is 4.81. The van der Waals surface area contributed by atoms with E-state index >= 15 is 0 Å². The van der Waals surface area contributed by atoms with E-state index in [1.54, 1.807) is 0 Å². The Morgan fingerprint density at radius 3 is 2.89 bits per heavy atom. The van der Waals surface area contributed by atoms with Gasteiger partial charge in [-0.1, -0.05) is 29.8 Å². The second-order valence-corrected chi connectivity index (χ2v) is 4.81. The van der Waals surface area contributed by atoms with Crippen molar-refractivity contribution in [1.82, 2.24) is 4.98 Å². The minimum absolute atomic E-state index is 0.704. The van der Waals surface area contributed by atoms with Gasteiger partial charge in [0.2, 0.25) is 0 Å². The van der Waals surface area contributed by atoms with Gasteiger partial charge < -0.3 is 9.72 Å². The predicted molar refractivity (Wildman–Crippen MR) is 78.7 cm³/mol. The maximum Gasteiger partial charge on any atom is 0.121 e. The number of H-pyrrole nitrogens is 1. The first kappa shape index (κ1) is 11.8. The fourth-order valence-corrected chi connectivity index (χ4v) is 2.27. The summed E-state index contributed by atoms with van der Waals surface area (Å²) in [7, 11) is 0. The van der Waals surface area contributed by atoms with Crippen LogP contribution in [0.5, 0.6) is 5.75 Å². The van der Waals surface area contributed by atoms with E-state index in [-0.39, 0.29) is 0 Å². The molecular weight excluding hydrogens is 234 g/mol. The molecule has 1 aromatic heterocycles. The molecular formula is C17H17NO. The van der Waals surface area contributed by atoms with Gasteiger partial charge in [-0.05, 0) is 36.1 Å². The largest absolute Gasteiger partial charge is 0.493 e. The van der Waals surface area contributed by atoms with Crippen LogP contribution in [0.3, 0.4) is 0 Å². The van der Waals surface area contributed by atoms with Gasteiger partial charge in [-0.25, -0.2) is 0 Å². The lowest BCUT2D eigenvalue weighted by molar-refractivity contribution is 0.322. The molecule has 3 rings (SSSR count). The number of rotatable bonds is 4. The molecule has 2 heteroatoms. The molecule has 0 radical (unpaired) electrons. The quantitative estimate of drug-likeness (QED) is 0.742. The first-order valence-corrected chi connectivity index (χ1v) is 6.57. The van der Waals surface area contributed by atoms with Crippen LogP contribution >= 0.6 is 0 Å². The molecule has 1 heterocycles. The van der Waals surface area contributed by atoms with Crippen molar-refractivity contribution < 1.29 is 4.74 Å². The van der Waals surface area contributed by atoms with Gasteiger partial charge in [0.25, 0.3) is 0 Å². The summed E-state index contributed by atoms with van der Waals surface area (Å²) in [5, 5.41) is 1.21. The third kappa shape index (κ3) is 2.79. The molecule has 2 nitrogen and oxygen atoms in total. The topological polar surface area (TPSA) is 25.0 Å². The molecule has 0 saturated carbocycles.